The SMILES string of the molecule is CCn1cc(C(O)CCC(C)(C)C)cn1. The lowest BCUT2D eigenvalue weighted by atomic mass is 9.88. The molecule has 0 radical (unpaired) electrons. The highest BCUT2D eigenvalue weighted by Gasteiger charge is 2.15. The van der Waals surface area contributed by atoms with E-state index in [1.54, 1.807) is 6.20 Å². The molecule has 1 aromatic heterocycles. The van der Waals surface area contributed by atoms with Gasteiger partial charge in [0.1, 0.15) is 0 Å². The minimum Gasteiger partial charge on any atom is -0.388 e. The lowest BCUT2D eigenvalue weighted by Gasteiger charge is -2.19. The third kappa shape index (κ3) is 4.04. The van der Waals surface area contributed by atoms with Crippen molar-refractivity contribution in [1.82, 2.24) is 9.78 Å². The van der Waals surface area contributed by atoms with Crippen molar-refractivity contribution in [2.45, 2.75) is 53.2 Å². The van der Waals surface area contributed by atoms with Gasteiger partial charge in [0.25, 0.3) is 0 Å². The predicted molar refractivity (Wildman–Crippen MR) is 61.5 cm³/mol. The summed E-state index contributed by atoms with van der Waals surface area (Å²) >= 11 is 0. The number of hydrogen-bond donors (Lipinski definition) is 1. The van der Waals surface area contributed by atoms with Crippen molar-refractivity contribution in [3.05, 3.63) is 18.0 Å². The van der Waals surface area contributed by atoms with E-state index in [9.17, 15) is 5.11 Å². The first kappa shape index (κ1) is 12.2. The molecule has 1 aromatic rings. The molecule has 0 aliphatic carbocycles. The Bertz CT molecular complexity index is 299. The van der Waals surface area contributed by atoms with E-state index >= 15 is 0 Å². The quantitative estimate of drug-likeness (QED) is 0.829. The summed E-state index contributed by atoms with van der Waals surface area (Å²) in [6, 6.07) is 0. The molecule has 1 atom stereocenters. The van der Waals surface area contributed by atoms with Gasteiger partial charge in [0.15, 0.2) is 0 Å². The van der Waals surface area contributed by atoms with Crippen LogP contribution in [0.5, 0.6) is 0 Å². The van der Waals surface area contributed by atoms with E-state index in [-0.39, 0.29) is 11.5 Å². The third-order valence-electron chi connectivity index (χ3n) is 2.53. The zero-order valence-electron chi connectivity index (χ0n) is 10.2. The Morgan fingerprint density at radius 1 is 1.47 bits per heavy atom. The van der Waals surface area contributed by atoms with Gasteiger partial charge in [-0.1, -0.05) is 20.8 Å². The Balaban J connectivity index is 2.50. The molecule has 1 unspecified atom stereocenters. The normalized spacial score (nSPS) is 14.2. The first-order chi connectivity index (χ1) is 6.92. The van der Waals surface area contributed by atoms with E-state index in [2.05, 4.69) is 25.9 Å². The second-order valence-corrected chi connectivity index (χ2v) is 5.24. The third-order valence-corrected chi connectivity index (χ3v) is 2.53. The number of rotatable bonds is 4. The molecule has 1 rings (SSSR count). The molecule has 0 aliphatic rings. The van der Waals surface area contributed by atoms with Crippen LogP contribution in [0.25, 0.3) is 0 Å². The number of aliphatic hydroxyl groups is 1. The van der Waals surface area contributed by atoms with Crippen molar-refractivity contribution < 1.29 is 5.11 Å². The van der Waals surface area contributed by atoms with Crippen molar-refractivity contribution in [1.29, 1.82) is 0 Å². The molecule has 0 saturated heterocycles. The van der Waals surface area contributed by atoms with Gasteiger partial charge in [0.2, 0.25) is 0 Å². The van der Waals surface area contributed by atoms with Crippen LogP contribution in [0.4, 0.5) is 0 Å². The molecule has 0 aliphatic heterocycles. The van der Waals surface area contributed by atoms with E-state index in [0.29, 0.717) is 0 Å². The molecule has 0 fully saturated rings. The summed E-state index contributed by atoms with van der Waals surface area (Å²) < 4.78 is 1.84. The lowest BCUT2D eigenvalue weighted by Crippen LogP contribution is -2.07. The number of aromatic nitrogens is 2. The molecule has 3 heteroatoms. The fourth-order valence-corrected chi connectivity index (χ4v) is 1.46. The summed E-state index contributed by atoms with van der Waals surface area (Å²) in [6.45, 7) is 9.46. The molecule has 3 nitrogen and oxygen atoms in total. The molecule has 15 heavy (non-hydrogen) atoms. The van der Waals surface area contributed by atoms with Crippen molar-refractivity contribution in [3.63, 3.8) is 0 Å². The molecule has 0 spiro atoms. The zero-order valence-corrected chi connectivity index (χ0v) is 10.2. The van der Waals surface area contributed by atoms with Crippen molar-refractivity contribution in [2.75, 3.05) is 0 Å². The van der Waals surface area contributed by atoms with Crippen LogP contribution in [0, 0.1) is 5.41 Å². The molecular weight excluding hydrogens is 188 g/mol. The Labute approximate surface area is 92.1 Å². The summed E-state index contributed by atoms with van der Waals surface area (Å²) in [5.74, 6) is 0. The van der Waals surface area contributed by atoms with Crippen molar-refractivity contribution >= 4 is 0 Å². The fraction of sp³-hybridized carbons (Fsp3) is 0.750. The average Bonchev–Trinajstić information content (AvgIpc) is 2.61. The number of hydrogen-bond acceptors (Lipinski definition) is 2. The summed E-state index contributed by atoms with van der Waals surface area (Å²) in [4.78, 5) is 0. The minimum atomic E-state index is -0.371. The average molecular weight is 210 g/mol. The van der Waals surface area contributed by atoms with Gasteiger partial charge in [-0.05, 0) is 25.2 Å². The largest absolute Gasteiger partial charge is 0.388 e. The Morgan fingerprint density at radius 3 is 2.60 bits per heavy atom. The first-order valence-corrected chi connectivity index (χ1v) is 5.63. The van der Waals surface area contributed by atoms with Gasteiger partial charge < -0.3 is 5.11 Å². The number of nitrogens with zero attached hydrogens (tertiary/aromatic N) is 2. The second kappa shape index (κ2) is 4.79. The molecule has 86 valence electrons. The van der Waals surface area contributed by atoms with E-state index in [4.69, 9.17) is 0 Å². The van der Waals surface area contributed by atoms with Gasteiger partial charge in [-0.3, -0.25) is 4.68 Å². The van der Waals surface area contributed by atoms with E-state index in [0.717, 1.165) is 24.9 Å². The van der Waals surface area contributed by atoms with E-state index in [1.165, 1.54) is 0 Å². The van der Waals surface area contributed by atoms with Crippen LogP contribution in [0.3, 0.4) is 0 Å². The molecule has 1 N–H and O–H groups in total. The molecule has 0 bridgehead atoms. The topological polar surface area (TPSA) is 38.0 Å². The maximum absolute atomic E-state index is 9.94. The molecule has 0 saturated carbocycles. The highest BCUT2D eigenvalue weighted by molar-refractivity contribution is 5.07. The fourth-order valence-electron chi connectivity index (χ4n) is 1.46. The monoisotopic (exact) mass is 210 g/mol. The van der Waals surface area contributed by atoms with Gasteiger partial charge in [-0.2, -0.15) is 5.10 Å². The standard InChI is InChI=1S/C12H22N2O/c1-5-14-9-10(8-13-14)11(15)6-7-12(2,3)4/h8-9,11,15H,5-7H2,1-4H3. The van der Waals surface area contributed by atoms with E-state index in [1.807, 2.05) is 17.8 Å². The van der Waals surface area contributed by atoms with Crippen LogP contribution in [0.15, 0.2) is 12.4 Å². The highest BCUT2D eigenvalue weighted by atomic mass is 16.3. The Hall–Kier alpha value is -0.830. The van der Waals surface area contributed by atoms with Crippen LogP contribution < -0.4 is 0 Å². The molecule has 0 aromatic carbocycles. The number of aryl methyl sites for hydroxylation is 1. The summed E-state index contributed by atoms with van der Waals surface area (Å²) in [7, 11) is 0. The molecule has 1 heterocycles. The Kier molecular flexibility index (Phi) is 3.91. The van der Waals surface area contributed by atoms with Crippen LogP contribution in [-0.2, 0) is 6.54 Å². The Morgan fingerprint density at radius 2 is 2.13 bits per heavy atom. The van der Waals surface area contributed by atoms with Crippen LogP contribution >= 0.6 is 0 Å². The van der Waals surface area contributed by atoms with Gasteiger partial charge in [-0.25, -0.2) is 0 Å². The minimum absolute atomic E-state index is 0.279. The summed E-state index contributed by atoms with van der Waals surface area (Å²) in [5.41, 5.74) is 1.21. The number of aliphatic hydroxyl groups excluding tert-OH is 1. The predicted octanol–water partition coefficient (Wildman–Crippen LogP) is 2.76. The van der Waals surface area contributed by atoms with Gasteiger partial charge in [-0.15, -0.1) is 0 Å². The lowest BCUT2D eigenvalue weighted by molar-refractivity contribution is 0.147. The van der Waals surface area contributed by atoms with Crippen molar-refractivity contribution in [2.24, 2.45) is 5.41 Å². The van der Waals surface area contributed by atoms with Gasteiger partial charge in [0.05, 0.1) is 12.3 Å². The summed E-state index contributed by atoms with van der Waals surface area (Å²) in [6.07, 6.45) is 5.14. The van der Waals surface area contributed by atoms with E-state index < -0.39 is 0 Å². The van der Waals surface area contributed by atoms with Crippen LogP contribution in [0.2, 0.25) is 0 Å². The maximum Gasteiger partial charge on any atom is 0.0820 e. The maximum atomic E-state index is 9.94. The molecular formula is C12H22N2O. The van der Waals surface area contributed by atoms with Crippen LogP contribution in [-0.4, -0.2) is 14.9 Å². The smallest absolute Gasteiger partial charge is 0.0820 e. The molecule has 0 amide bonds. The van der Waals surface area contributed by atoms with Crippen molar-refractivity contribution in [3.8, 4) is 0 Å². The zero-order chi connectivity index (χ0) is 11.5. The summed E-state index contributed by atoms with van der Waals surface area (Å²) in [5, 5.41) is 14.1. The first-order valence-electron chi connectivity index (χ1n) is 5.63. The van der Waals surface area contributed by atoms with Gasteiger partial charge in [0, 0.05) is 18.3 Å². The van der Waals surface area contributed by atoms with Gasteiger partial charge >= 0.3 is 0 Å². The van der Waals surface area contributed by atoms with Crippen LogP contribution in [0.1, 0.15) is 52.2 Å². The highest BCUT2D eigenvalue weighted by Crippen LogP contribution is 2.26. The second-order valence-electron chi connectivity index (χ2n) is 5.24.